The molecule has 2 aliphatic rings. The van der Waals surface area contributed by atoms with Crippen LogP contribution in [0.1, 0.15) is 18.1 Å². The van der Waals surface area contributed by atoms with Gasteiger partial charge in [-0.25, -0.2) is 28.1 Å². The van der Waals surface area contributed by atoms with Gasteiger partial charge in [0.15, 0.2) is 11.0 Å². The minimum absolute atomic E-state index is 0.0890. The number of hydrogen-bond acceptors (Lipinski definition) is 9. The van der Waals surface area contributed by atoms with Crippen molar-refractivity contribution in [2.45, 2.75) is 23.1 Å². The number of hydrogen-bond donors (Lipinski definition) is 3. The molecule has 1 aliphatic carbocycles. The van der Waals surface area contributed by atoms with E-state index in [0.29, 0.717) is 34.0 Å². The van der Waals surface area contributed by atoms with Crippen LogP contribution in [-0.4, -0.2) is 42.5 Å². The number of rotatable bonds is 4. The highest BCUT2D eigenvalue weighted by Crippen LogP contribution is 2.74. The van der Waals surface area contributed by atoms with Crippen LogP contribution in [0.4, 0.5) is 24.7 Å². The molecule has 1 aromatic carbocycles. The first-order valence-corrected chi connectivity index (χ1v) is 10.6. The number of halogens is 3. The summed E-state index contributed by atoms with van der Waals surface area (Å²) in [7, 11) is 0. The molecule has 12 heteroatoms. The van der Waals surface area contributed by atoms with Gasteiger partial charge in [0.2, 0.25) is 0 Å². The molecule has 0 bridgehead atoms. The lowest BCUT2D eigenvalue weighted by Crippen LogP contribution is -2.37. The molecule has 0 radical (unpaired) electrons. The molecule has 0 unspecified atom stereocenters. The maximum atomic E-state index is 15.0. The van der Waals surface area contributed by atoms with E-state index in [0.717, 1.165) is 6.07 Å². The van der Waals surface area contributed by atoms with Crippen molar-refractivity contribution < 1.29 is 18.3 Å². The zero-order valence-electron chi connectivity index (χ0n) is 17.1. The van der Waals surface area contributed by atoms with Crippen LogP contribution in [0.5, 0.6) is 0 Å². The third-order valence-corrected chi connectivity index (χ3v) is 7.42. The number of amidine groups is 1. The summed E-state index contributed by atoms with van der Waals surface area (Å²) in [4.78, 5) is 16.7. The van der Waals surface area contributed by atoms with Crippen molar-refractivity contribution in [1.29, 1.82) is 5.26 Å². The Bertz CT molecular complexity index is 1380. The summed E-state index contributed by atoms with van der Waals surface area (Å²) >= 11 is 0.625. The summed E-state index contributed by atoms with van der Waals surface area (Å²) in [6, 6.07) is 7.47. The predicted molar refractivity (Wildman–Crippen MR) is 117 cm³/mol. The highest BCUT2D eigenvalue weighted by Gasteiger charge is 2.87. The van der Waals surface area contributed by atoms with E-state index in [1.54, 1.807) is 6.07 Å². The van der Waals surface area contributed by atoms with Crippen LogP contribution < -0.4 is 11.1 Å². The van der Waals surface area contributed by atoms with E-state index >= 15 is 0 Å². The number of benzene rings is 1. The number of aliphatic imine (C=N–C) groups is 1. The van der Waals surface area contributed by atoms with Gasteiger partial charge in [-0.3, -0.25) is 4.99 Å². The second-order valence-corrected chi connectivity index (χ2v) is 9.40. The molecule has 33 heavy (non-hydrogen) atoms. The largest absolute Gasteiger partial charge is 0.395 e. The number of pyridine rings is 1. The summed E-state index contributed by atoms with van der Waals surface area (Å²) in [5.74, 6) is -5.16. The minimum Gasteiger partial charge on any atom is -0.395 e. The van der Waals surface area contributed by atoms with Crippen LogP contribution in [0.25, 0.3) is 11.0 Å². The standard InChI is InChI=1S/C21H16F3N7OS/c1-19(17-20(8-32,21(17,23)24)33-18(26)31-19)12-5-11(2-3-13(12)22)30-16-15-14(28-9-29-16)4-10(6-25)7-27-15/h2-5,7,9,17,32H,8H2,1H3,(H2,26,31)(H,28,29,30)/t17-,19+,20-/m1/s1. The number of anilines is 2. The lowest BCUT2D eigenvalue weighted by atomic mass is 9.85. The highest BCUT2D eigenvalue weighted by molar-refractivity contribution is 8.15. The quantitative estimate of drug-likeness (QED) is 0.529. The molecule has 1 saturated carbocycles. The van der Waals surface area contributed by atoms with Crippen LogP contribution >= 0.6 is 11.8 Å². The Labute approximate surface area is 189 Å². The number of nitrogens with one attached hydrogen (secondary N) is 1. The molecular weight excluding hydrogens is 455 g/mol. The Kier molecular flexibility index (Phi) is 4.56. The van der Waals surface area contributed by atoms with Crippen molar-refractivity contribution in [2.24, 2.45) is 16.6 Å². The van der Waals surface area contributed by atoms with Gasteiger partial charge in [-0.2, -0.15) is 5.26 Å². The van der Waals surface area contributed by atoms with Gasteiger partial charge in [0, 0.05) is 17.4 Å². The van der Waals surface area contributed by atoms with E-state index in [9.17, 15) is 18.3 Å². The average molecular weight is 471 g/mol. The molecule has 1 fully saturated rings. The zero-order chi connectivity index (χ0) is 23.6. The summed E-state index contributed by atoms with van der Waals surface area (Å²) < 4.78 is 42.8. The van der Waals surface area contributed by atoms with E-state index in [4.69, 9.17) is 11.0 Å². The van der Waals surface area contributed by atoms with Gasteiger partial charge in [-0.1, -0.05) is 11.8 Å². The molecule has 5 rings (SSSR count). The molecule has 0 amide bonds. The molecular formula is C21H16F3N7OS. The number of nitriles is 1. The third kappa shape index (κ3) is 2.96. The molecule has 8 nitrogen and oxygen atoms in total. The second kappa shape index (κ2) is 7.03. The number of thioether (sulfide) groups is 1. The number of aliphatic hydroxyl groups excluding tert-OH is 1. The topological polar surface area (TPSA) is 133 Å². The normalized spacial score (nSPS) is 27.4. The van der Waals surface area contributed by atoms with Crippen LogP contribution in [0.15, 0.2) is 41.8 Å². The Morgan fingerprint density at radius 3 is 2.79 bits per heavy atom. The van der Waals surface area contributed by atoms with Crippen LogP contribution in [0.2, 0.25) is 0 Å². The first kappa shape index (κ1) is 21.4. The maximum absolute atomic E-state index is 15.0. The fourth-order valence-corrected chi connectivity index (χ4v) is 5.90. The number of nitrogens with zero attached hydrogens (tertiary/aromatic N) is 5. The van der Waals surface area contributed by atoms with Crippen molar-refractivity contribution >= 4 is 39.5 Å². The average Bonchev–Trinajstić information content (AvgIpc) is 3.30. The van der Waals surface area contributed by atoms with Gasteiger partial charge >= 0.3 is 0 Å². The first-order chi connectivity index (χ1) is 15.7. The van der Waals surface area contributed by atoms with Crippen LogP contribution in [0, 0.1) is 23.1 Å². The second-order valence-electron chi connectivity index (χ2n) is 8.05. The van der Waals surface area contributed by atoms with E-state index in [1.165, 1.54) is 31.6 Å². The van der Waals surface area contributed by atoms with Gasteiger partial charge in [0.1, 0.15) is 28.5 Å². The third-order valence-electron chi connectivity index (χ3n) is 6.11. The molecule has 0 saturated heterocycles. The van der Waals surface area contributed by atoms with Crippen molar-refractivity contribution in [3.8, 4) is 6.07 Å². The van der Waals surface area contributed by atoms with Gasteiger partial charge < -0.3 is 16.2 Å². The predicted octanol–water partition coefficient (Wildman–Crippen LogP) is 3.05. The maximum Gasteiger partial charge on any atom is 0.272 e. The summed E-state index contributed by atoms with van der Waals surface area (Å²) in [6.07, 6.45) is 2.65. The molecule has 0 spiro atoms. The monoisotopic (exact) mass is 471 g/mol. The van der Waals surface area contributed by atoms with Crippen molar-refractivity contribution in [3.63, 3.8) is 0 Å². The van der Waals surface area contributed by atoms with Crippen LogP contribution in [-0.2, 0) is 5.54 Å². The smallest absolute Gasteiger partial charge is 0.272 e. The number of alkyl halides is 2. The molecule has 1 aliphatic heterocycles. The first-order valence-electron chi connectivity index (χ1n) is 9.77. The Morgan fingerprint density at radius 1 is 1.27 bits per heavy atom. The summed E-state index contributed by atoms with van der Waals surface area (Å²) in [5.41, 5.74) is 5.51. The van der Waals surface area contributed by atoms with Crippen molar-refractivity contribution in [2.75, 3.05) is 11.9 Å². The summed E-state index contributed by atoms with van der Waals surface area (Å²) in [5, 5.41) is 21.6. The van der Waals surface area contributed by atoms with E-state index < -0.39 is 34.6 Å². The van der Waals surface area contributed by atoms with E-state index in [1.807, 2.05) is 6.07 Å². The number of nitrogens with two attached hydrogens (primary N) is 1. The van der Waals surface area contributed by atoms with Crippen LogP contribution in [0.3, 0.4) is 0 Å². The Morgan fingerprint density at radius 2 is 2.06 bits per heavy atom. The van der Waals surface area contributed by atoms with Gasteiger partial charge in [-0.15, -0.1) is 0 Å². The summed E-state index contributed by atoms with van der Waals surface area (Å²) in [6.45, 7) is 0.576. The number of fused-ring (bicyclic) bond motifs is 2. The van der Waals surface area contributed by atoms with E-state index in [2.05, 4.69) is 25.3 Å². The molecule has 2 aromatic heterocycles. The highest BCUT2D eigenvalue weighted by atomic mass is 32.2. The zero-order valence-corrected chi connectivity index (χ0v) is 17.9. The van der Waals surface area contributed by atoms with Crippen molar-refractivity contribution in [3.05, 3.63) is 53.7 Å². The molecule has 168 valence electrons. The fourth-order valence-electron chi connectivity index (χ4n) is 4.54. The van der Waals surface area contributed by atoms with Gasteiger partial charge in [0.05, 0.1) is 29.1 Å². The molecule has 4 N–H and O–H groups in total. The van der Waals surface area contributed by atoms with Gasteiger partial charge in [-0.05, 0) is 31.2 Å². The molecule has 3 atom stereocenters. The Hall–Kier alpha value is -3.43. The number of aliphatic hydroxyl groups is 1. The Balaban J connectivity index is 1.57. The van der Waals surface area contributed by atoms with Gasteiger partial charge in [0.25, 0.3) is 5.92 Å². The SMILES string of the molecule is C[C@@]1(c2cc(Nc3ncnc4cc(C#N)cnc34)ccc2F)N=C(N)S[C@]2(CO)[C@@H]1C2(F)F. The number of aromatic nitrogens is 3. The fraction of sp³-hybridized carbons (Fsp3) is 0.286. The van der Waals surface area contributed by atoms with Crippen molar-refractivity contribution in [1.82, 2.24) is 15.0 Å². The lowest BCUT2D eigenvalue weighted by molar-refractivity contribution is 0.0685. The van der Waals surface area contributed by atoms with E-state index in [-0.39, 0.29) is 16.5 Å². The molecule has 3 aromatic rings. The molecule has 3 heterocycles. The lowest BCUT2D eigenvalue weighted by Gasteiger charge is -2.32. The minimum atomic E-state index is -3.28.